The normalized spacial score (nSPS) is 10.7. The van der Waals surface area contributed by atoms with Crippen LogP contribution in [0.25, 0.3) is 10.1 Å². The van der Waals surface area contributed by atoms with Crippen molar-refractivity contribution in [1.82, 2.24) is 0 Å². The van der Waals surface area contributed by atoms with Crippen LogP contribution in [0.3, 0.4) is 0 Å². The van der Waals surface area contributed by atoms with Gasteiger partial charge < -0.3 is 15.2 Å². The van der Waals surface area contributed by atoms with Gasteiger partial charge in [-0.05, 0) is 18.2 Å². The van der Waals surface area contributed by atoms with Crippen LogP contribution in [-0.4, -0.2) is 24.1 Å². The fourth-order valence-corrected chi connectivity index (χ4v) is 4.07. The van der Waals surface area contributed by atoms with Crippen molar-refractivity contribution in [3.63, 3.8) is 0 Å². The molecule has 2 N–H and O–H groups in total. The van der Waals surface area contributed by atoms with Crippen LogP contribution in [0.5, 0.6) is 5.75 Å². The predicted octanol–water partition coefficient (Wildman–Crippen LogP) is 5.17. The van der Waals surface area contributed by atoms with Gasteiger partial charge in [-0.25, -0.2) is 4.79 Å². The molecular weight excluding hydrogens is 385 g/mol. The number of carbonyl (C=O) groups is 2. The summed E-state index contributed by atoms with van der Waals surface area (Å²) in [5, 5.41) is 13.0. The first kappa shape index (κ1) is 17.5. The highest BCUT2D eigenvalue weighted by Crippen LogP contribution is 2.38. The van der Waals surface area contributed by atoms with E-state index in [1.54, 1.807) is 0 Å². The molecule has 3 aromatic rings. The van der Waals surface area contributed by atoms with Crippen molar-refractivity contribution in [1.29, 1.82) is 0 Å². The summed E-state index contributed by atoms with van der Waals surface area (Å²) in [6.45, 7) is 0. The van der Waals surface area contributed by atoms with Gasteiger partial charge in [-0.1, -0.05) is 41.4 Å². The van der Waals surface area contributed by atoms with E-state index in [1.807, 2.05) is 24.3 Å². The van der Waals surface area contributed by atoms with Crippen LogP contribution in [0.2, 0.25) is 10.0 Å². The van der Waals surface area contributed by atoms with Crippen molar-refractivity contribution in [3.05, 3.63) is 56.9 Å². The molecule has 0 unspecified atom stereocenters. The fraction of sp³-hybridized carbons (Fsp3) is 0.0588. The number of carbonyl (C=O) groups excluding carboxylic acids is 1. The number of benzene rings is 2. The summed E-state index contributed by atoms with van der Waals surface area (Å²) >= 11 is 13.6. The third kappa shape index (κ3) is 3.28. The Morgan fingerprint density at radius 1 is 1.20 bits per heavy atom. The smallest absolute Gasteiger partial charge is 0.335 e. The molecule has 1 heterocycles. The van der Waals surface area contributed by atoms with Gasteiger partial charge in [0.1, 0.15) is 4.88 Å². The zero-order valence-electron chi connectivity index (χ0n) is 12.8. The largest absolute Gasteiger partial charge is 0.493 e. The molecular formula is C17H11Cl2NO4S. The van der Waals surface area contributed by atoms with E-state index in [9.17, 15) is 9.59 Å². The predicted molar refractivity (Wildman–Crippen MR) is 99.8 cm³/mol. The van der Waals surface area contributed by atoms with Gasteiger partial charge in [-0.2, -0.15) is 0 Å². The summed E-state index contributed by atoms with van der Waals surface area (Å²) in [5.74, 6) is -1.46. The lowest BCUT2D eigenvalue weighted by atomic mass is 10.2. The minimum atomic E-state index is -1.17. The summed E-state index contributed by atoms with van der Waals surface area (Å²) in [6, 6.07) is 9.92. The number of thiophene rings is 1. The second kappa shape index (κ2) is 6.92. The van der Waals surface area contributed by atoms with Crippen LogP contribution in [0.4, 0.5) is 5.69 Å². The SMILES string of the molecule is COc1c(Cl)cc(C(=O)O)cc1NC(=O)c1sc2ccccc2c1Cl. The molecule has 0 aliphatic rings. The Kier molecular flexibility index (Phi) is 4.85. The van der Waals surface area contributed by atoms with Gasteiger partial charge in [0.2, 0.25) is 0 Å². The van der Waals surface area contributed by atoms with Crippen molar-refractivity contribution in [2.24, 2.45) is 0 Å². The van der Waals surface area contributed by atoms with Gasteiger partial charge in [0.25, 0.3) is 5.91 Å². The topological polar surface area (TPSA) is 75.6 Å². The lowest BCUT2D eigenvalue weighted by Crippen LogP contribution is -2.12. The number of amides is 1. The first-order valence-corrected chi connectivity index (χ1v) is 8.58. The van der Waals surface area contributed by atoms with E-state index in [4.69, 9.17) is 33.0 Å². The van der Waals surface area contributed by atoms with Crippen molar-refractivity contribution < 1.29 is 19.4 Å². The Morgan fingerprint density at radius 2 is 1.92 bits per heavy atom. The lowest BCUT2D eigenvalue weighted by molar-refractivity contribution is 0.0696. The third-order valence-corrected chi connectivity index (χ3v) is 5.44. The molecule has 0 saturated heterocycles. The van der Waals surface area contributed by atoms with Gasteiger partial charge in [-0.3, -0.25) is 4.79 Å². The zero-order valence-corrected chi connectivity index (χ0v) is 15.1. The zero-order chi connectivity index (χ0) is 18.1. The molecule has 0 aliphatic carbocycles. The number of rotatable bonds is 4. The lowest BCUT2D eigenvalue weighted by Gasteiger charge is -2.12. The summed E-state index contributed by atoms with van der Waals surface area (Å²) in [4.78, 5) is 24.2. The number of anilines is 1. The number of ether oxygens (including phenoxy) is 1. The average molecular weight is 396 g/mol. The Morgan fingerprint density at radius 3 is 2.56 bits per heavy atom. The van der Waals surface area contributed by atoms with E-state index in [2.05, 4.69) is 5.32 Å². The molecule has 0 bridgehead atoms. The fourth-order valence-electron chi connectivity index (χ4n) is 2.36. The van der Waals surface area contributed by atoms with E-state index < -0.39 is 11.9 Å². The highest BCUT2D eigenvalue weighted by molar-refractivity contribution is 7.21. The minimum Gasteiger partial charge on any atom is -0.493 e. The van der Waals surface area contributed by atoms with Crippen LogP contribution in [0.1, 0.15) is 20.0 Å². The molecule has 0 atom stereocenters. The first-order valence-electron chi connectivity index (χ1n) is 7.01. The summed E-state index contributed by atoms with van der Waals surface area (Å²) in [6.07, 6.45) is 0. The van der Waals surface area contributed by atoms with Crippen LogP contribution >= 0.6 is 34.5 Å². The van der Waals surface area contributed by atoms with Crippen LogP contribution in [0.15, 0.2) is 36.4 Å². The minimum absolute atomic E-state index is 0.0662. The average Bonchev–Trinajstić information content (AvgIpc) is 2.92. The van der Waals surface area contributed by atoms with Gasteiger partial charge in [-0.15, -0.1) is 11.3 Å². The Labute approximate surface area is 156 Å². The number of methoxy groups -OCH3 is 1. The molecule has 25 heavy (non-hydrogen) atoms. The highest BCUT2D eigenvalue weighted by atomic mass is 35.5. The molecule has 0 fully saturated rings. The summed E-state index contributed by atoms with van der Waals surface area (Å²) < 4.78 is 6.04. The quantitative estimate of drug-likeness (QED) is 0.638. The highest BCUT2D eigenvalue weighted by Gasteiger charge is 2.20. The van der Waals surface area contributed by atoms with Crippen molar-refractivity contribution in [3.8, 4) is 5.75 Å². The number of fused-ring (bicyclic) bond motifs is 1. The van der Waals surface area contributed by atoms with Crippen molar-refractivity contribution in [2.45, 2.75) is 0 Å². The summed E-state index contributed by atoms with van der Waals surface area (Å²) in [5.41, 5.74) is 0.0921. The first-order chi connectivity index (χ1) is 11.9. The second-order valence-electron chi connectivity index (χ2n) is 5.04. The standard InChI is InChI=1S/C17H11Cl2NO4S/c1-24-14-10(18)6-8(17(22)23)7-11(14)20-16(21)15-13(19)9-4-2-3-5-12(9)25-15/h2-7H,1H3,(H,20,21)(H,22,23). The molecule has 0 saturated carbocycles. The molecule has 8 heteroatoms. The van der Waals surface area contributed by atoms with E-state index in [1.165, 1.54) is 30.6 Å². The Balaban J connectivity index is 2.02. The molecule has 1 aromatic heterocycles. The van der Waals surface area contributed by atoms with E-state index in [0.29, 0.717) is 9.90 Å². The maximum absolute atomic E-state index is 12.6. The molecule has 0 spiro atoms. The maximum Gasteiger partial charge on any atom is 0.335 e. The molecule has 2 aromatic carbocycles. The molecule has 5 nitrogen and oxygen atoms in total. The Bertz CT molecular complexity index is 1000. The monoisotopic (exact) mass is 395 g/mol. The third-order valence-electron chi connectivity index (χ3n) is 3.48. The number of hydrogen-bond acceptors (Lipinski definition) is 4. The number of halogens is 2. The number of carboxylic acid groups (broad SMARTS) is 1. The number of hydrogen-bond donors (Lipinski definition) is 2. The van der Waals surface area contributed by atoms with Gasteiger partial charge >= 0.3 is 5.97 Å². The number of carboxylic acids is 1. The van der Waals surface area contributed by atoms with Gasteiger partial charge in [0.05, 0.1) is 28.4 Å². The van der Waals surface area contributed by atoms with Gasteiger partial charge in [0, 0.05) is 10.1 Å². The van der Waals surface area contributed by atoms with Crippen LogP contribution in [0, 0.1) is 0 Å². The number of aromatic carboxylic acids is 1. The molecule has 0 aliphatic heterocycles. The van der Waals surface area contributed by atoms with Gasteiger partial charge in [0.15, 0.2) is 5.75 Å². The molecule has 128 valence electrons. The van der Waals surface area contributed by atoms with Crippen molar-refractivity contribution in [2.75, 3.05) is 12.4 Å². The Hall–Kier alpha value is -2.28. The van der Waals surface area contributed by atoms with E-state index in [-0.39, 0.29) is 22.0 Å². The van der Waals surface area contributed by atoms with Crippen LogP contribution in [-0.2, 0) is 0 Å². The van der Waals surface area contributed by atoms with E-state index >= 15 is 0 Å². The van der Waals surface area contributed by atoms with Crippen molar-refractivity contribution >= 4 is 62.2 Å². The molecule has 0 radical (unpaired) electrons. The molecule has 3 rings (SSSR count). The van der Waals surface area contributed by atoms with Crippen LogP contribution < -0.4 is 10.1 Å². The maximum atomic E-state index is 12.6. The second-order valence-corrected chi connectivity index (χ2v) is 6.88. The summed E-state index contributed by atoms with van der Waals surface area (Å²) in [7, 11) is 1.38. The molecule has 1 amide bonds. The number of nitrogens with one attached hydrogen (secondary N) is 1. The van der Waals surface area contributed by atoms with E-state index in [0.717, 1.165) is 10.1 Å².